The minimum atomic E-state index is -0.359. The van der Waals surface area contributed by atoms with Gasteiger partial charge in [0.15, 0.2) is 0 Å². The number of methoxy groups -OCH3 is 1. The molecule has 0 bridgehead atoms. The molecule has 17 heavy (non-hydrogen) atoms. The second-order valence-electron chi connectivity index (χ2n) is 6.07. The van der Waals surface area contributed by atoms with Crippen LogP contribution < -0.4 is 5.32 Å². The minimum Gasteiger partial charge on any atom is -0.453 e. The summed E-state index contributed by atoms with van der Waals surface area (Å²) in [7, 11) is 1.39. The van der Waals surface area contributed by atoms with E-state index in [-0.39, 0.29) is 23.7 Å². The molecule has 0 aromatic rings. The first-order valence-corrected chi connectivity index (χ1v) is 6.31. The highest BCUT2D eigenvalue weighted by Crippen LogP contribution is 2.43. The Morgan fingerprint density at radius 3 is 2.29 bits per heavy atom. The van der Waals surface area contributed by atoms with Crippen molar-refractivity contribution in [1.82, 2.24) is 5.32 Å². The third-order valence-electron chi connectivity index (χ3n) is 4.18. The van der Waals surface area contributed by atoms with E-state index in [9.17, 15) is 9.90 Å². The van der Waals surface area contributed by atoms with E-state index < -0.39 is 0 Å². The summed E-state index contributed by atoms with van der Waals surface area (Å²) >= 11 is 0. The Morgan fingerprint density at radius 1 is 1.41 bits per heavy atom. The van der Waals surface area contributed by atoms with E-state index in [1.54, 1.807) is 0 Å². The van der Waals surface area contributed by atoms with Crippen molar-refractivity contribution in [3.8, 4) is 0 Å². The van der Waals surface area contributed by atoms with Gasteiger partial charge in [0.25, 0.3) is 0 Å². The molecule has 0 aromatic heterocycles. The standard InChI is InChI=1S/C13H25NO3/c1-12(2,3)13(14-11(16)17-4)7-5-10(9-15)6-8-13/h10,15H,5-9H2,1-4H3,(H,14,16). The van der Waals surface area contributed by atoms with E-state index >= 15 is 0 Å². The maximum absolute atomic E-state index is 11.5. The van der Waals surface area contributed by atoms with Gasteiger partial charge in [0.05, 0.1) is 7.11 Å². The Hall–Kier alpha value is -0.770. The molecule has 0 atom stereocenters. The number of rotatable bonds is 2. The number of carbonyl (C=O) groups is 1. The molecule has 2 N–H and O–H groups in total. The highest BCUT2D eigenvalue weighted by Gasteiger charge is 2.45. The average Bonchev–Trinajstić information content (AvgIpc) is 2.28. The van der Waals surface area contributed by atoms with E-state index in [1.165, 1.54) is 7.11 Å². The van der Waals surface area contributed by atoms with Crippen LogP contribution in [0.4, 0.5) is 4.79 Å². The molecule has 0 spiro atoms. The largest absolute Gasteiger partial charge is 0.453 e. The molecule has 0 unspecified atom stereocenters. The van der Waals surface area contributed by atoms with Crippen molar-refractivity contribution >= 4 is 6.09 Å². The summed E-state index contributed by atoms with van der Waals surface area (Å²) in [6, 6.07) is 0. The molecule has 1 aliphatic rings. The van der Waals surface area contributed by atoms with Crippen molar-refractivity contribution in [2.75, 3.05) is 13.7 Å². The molecule has 4 nitrogen and oxygen atoms in total. The summed E-state index contributed by atoms with van der Waals surface area (Å²) in [5.41, 5.74) is -0.229. The number of ether oxygens (including phenoxy) is 1. The molecular weight excluding hydrogens is 218 g/mol. The van der Waals surface area contributed by atoms with Gasteiger partial charge >= 0.3 is 6.09 Å². The zero-order chi connectivity index (χ0) is 13.1. The normalized spacial score (nSPS) is 29.8. The molecule has 0 radical (unpaired) electrons. The van der Waals surface area contributed by atoms with Crippen LogP contribution >= 0.6 is 0 Å². The fraction of sp³-hybridized carbons (Fsp3) is 0.923. The van der Waals surface area contributed by atoms with Gasteiger partial charge in [-0.25, -0.2) is 4.79 Å². The molecule has 100 valence electrons. The second kappa shape index (κ2) is 5.25. The fourth-order valence-electron chi connectivity index (χ4n) is 2.66. The van der Waals surface area contributed by atoms with E-state index in [0.717, 1.165) is 25.7 Å². The van der Waals surface area contributed by atoms with E-state index in [1.807, 2.05) is 0 Å². The van der Waals surface area contributed by atoms with Crippen LogP contribution in [-0.2, 0) is 4.74 Å². The fourth-order valence-corrected chi connectivity index (χ4v) is 2.66. The Kier molecular flexibility index (Phi) is 4.42. The third-order valence-corrected chi connectivity index (χ3v) is 4.18. The molecular formula is C13H25NO3. The van der Waals surface area contributed by atoms with Crippen molar-refractivity contribution in [3.05, 3.63) is 0 Å². The van der Waals surface area contributed by atoms with Crippen LogP contribution in [0.1, 0.15) is 46.5 Å². The number of aliphatic hydroxyl groups is 1. The molecule has 1 rings (SSSR count). The van der Waals surface area contributed by atoms with Gasteiger partial charge in [0.1, 0.15) is 0 Å². The van der Waals surface area contributed by atoms with Crippen LogP contribution in [0.2, 0.25) is 0 Å². The highest BCUT2D eigenvalue weighted by molar-refractivity contribution is 5.68. The molecule has 0 aromatic carbocycles. The van der Waals surface area contributed by atoms with Crippen molar-refractivity contribution in [2.24, 2.45) is 11.3 Å². The summed E-state index contributed by atoms with van der Waals surface area (Å²) < 4.78 is 4.73. The third kappa shape index (κ3) is 3.12. The lowest BCUT2D eigenvalue weighted by molar-refractivity contribution is 0.0504. The molecule has 0 heterocycles. The second-order valence-corrected chi connectivity index (χ2v) is 6.07. The van der Waals surface area contributed by atoms with Crippen LogP contribution in [0.25, 0.3) is 0 Å². The van der Waals surface area contributed by atoms with Gasteiger partial charge in [0.2, 0.25) is 0 Å². The zero-order valence-corrected chi connectivity index (χ0v) is 11.4. The van der Waals surface area contributed by atoms with E-state index in [2.05, 4.69) is 26.1 Å². The number of nitrogens with one attached hydrogen (secondary N) is 1. The van der Waals surface area contributed by atoms with E-state index in [0.29, 0.717) is 5.92 Å². The van der Waals surface area contributed by atoms with Crippen LogP contribution in [-0.4, -0.2) is 30.5 Å². The Bertz CT molecular complexity index is 262. The highest BCUT2D eigenvalue weighted by atomic mass is 16.5. The zero-order valence-electron chi connectivity index (χ0n) is 11.4. The first-order chi connectivity index (χ1) is 7.84. The number of aliphatic hydroxyl groups excluding tert-OH is 1. The number of carbonyl (C=O) groups excluding carboxylic acids is 1. The molecule has 1 aliphatic carbocycles. The van der Waals surface area contributed by atoms with Crippen LogP contribution in [0.15, 0.2) is 0 Å². The van der Waals surface area contributed by atoms with Crippen molar-refractivity contribution in [3.63, 3.8) is 0 Å². The van der Waals surface area contributed by atoms with Crippen LogP contribution in [0.3, 0.4) is 0 Å². The van der Waals surface area contributed by atoms with Crippen molar-refractivity contribution in [2.45, 2.75) is 52.0 Å². The van der Waals surface area contributed by atoms with E-state index in [4.69, 9.17) is 4.74 Å². The van der Waals surface area contributed by atoms with Crippen molar-refractivity contribution < 1.29 is 14.6 Å². The lowest BCUT2D eigenvalue weighted by Crippen LogP contribution is -2.58. The summed E-state index contributed by atoms with van der Waals surface area (Å²) in [6.07, 6.45) is 3.35. The SMILES string of the molecule is COC(=O)NC1(C(C)(C)C)CCC(CO)CC1. The predicted octanol–water partition coefficient (Wildman–Crippen LogP) is 2.31. The van der Waals surface area contributed by atoms with Gasteiger partial charge in [-0.05, 0) is 37.0 Å². The van der Waals surface area contributed by atoms with Gasteiger partial charge in [-0.1, -0.05) is 20.8 Å². The van der Waals surface area contributed by atoms with Gasteiger partial charge in [-0.3, -0.25) is 0 Å². The van der Waals surface area contributed by atoms with Crippen LogP contribution in [0.5, 0.6) is 0 Å². The molecule has 1 amide bonds. The molecule has 0 aliphatic heterocycles. The first-order valence-electron chi connectivity index (χ1n) is 6.31. The lowest BCUT2D eigenvalue weighted by atomic mass is 9.63. The van der Waals surface area contributed by atoms with Gasteiger partial charge in [-0.2, -0.15) is 0 Å². The van der Waals surface area contributed by atoms with Gasteiger partial charge < -0.3 is 15.2 Å². The van der Waals surface area contributed by atoms with Crippen LogP contribution in [0, 0.1) is 11.3 Å². The lowest BCUT2D eigenvalue weighted by Gasteiger charge is -2.49. The quantitative estimate of drug-likeness (QED) is 0.782. The number of amides is 1. The minimum absolute atomic E-state index is 0.0123. The predicted molar refractivity (Wildman–Crippen MR) is 66.8 cm³/mol. The summed E-state index contributed by atoms with van der Waals surface area (Å²) in [5.74, 6) is 0.380. The Morgan fingerprint density at radius 2 is 1.94 bits per heavy atom. The summed E-state index contributed by atoms with van der Waals surface area (Å²) in [6.45, 7) is 6.67. The van der Waals surface area contributed by atoms with Crippen molar-refractivity contribution in [1.29, 1.82) is 0 Å². The molecule has 1 fully saturated rings. The first kappa shape index (κ1) is 14.3. The molecule has 4 heteroatoms. The summed E-state index contributed by atoms with van der Waals surface area (Å²) in [4.78, 5) is 11.5. The topological polar surface area (TPSA) is 58.6 Å². The maximum Gasteiger partial charge on any atom is 0.407 e. The summed E-state index contributed by atoms with van der Waals surface area (Å²) in [5, 5.41) is 12.2. The Balaban J connectivity index is 2.79. The number of alkyl carbamates (subject to hydrolysis) is 1. The average molecular weight is 243 g/mol. The maximum atomic E-state index is 11.5. The molecule has 1 saturated carbocycles. The smallest absolute Gasteiger partial charge is 0.407 e. The number of hydrogen-bond donors (Lipinski definition) is 2. The van der Waals surface area contributed by atoms with Gasteiger partial charge in [-0.15, -0.1) is 0 Å². The van der Waals surface area contributed by atoms with Gasteiger partial charge in [0, 0.05) is 12.1 Å². The Labute approximate surface area is 104 Å². The molecule has 0 saturated heterocycles. The number of hydrogen-bond acceptors (Lipinski definition) is 3. The monoisotopic (exact) mass is 243 g/mol.